The van der Waals surface area contributed by atoms with Crippen molar-refractivity contribution in [2.24, 2.45) is 5.10 Å². The fourth-order valence-electron chi connectivity index (χ4n) is 1.83. The molecule has 0 N–H and O–H groups in total. The molecule has 1 saturated heterocycles. The minimum atomic E-state index is 0.418. The molecule has 4 nitrogen and oxygen atoms in total. The summed E-state index contributed by atoms with van der Waals surface area (Å²) in [5.41, 5.74) is 0. The Morgan fingerprint density at radius 3 is 3.40 bits per heavy atom. The van der Waals surface area contributed by atoms with Crippen molar-refractivity contribution >= 4 is 6.21 Å². The average Bonchev–Trinajstić information content (AvgIpc) is 2.85. The summed E-state index contributed by atoms with van der Waals surface area (Å²) in [5, 5.41) is 6.48. The minimum absolute atomic E-state index is 0.418. The first kappa shape index (κ1) is 10.2. The summed E-state index contributed by atoms with van der Waals surface area (Å²) in [5.74, 6) is 0.790. The number of methoxy groups -OCH3 is 1. The van der Waals surface area contributed by atoms with Crippen LogP contribution in [0.15, 0.2) is 27.9 Å². The number of hydrogen-bond acceptors (Lipinski definition) is 4. The Morgan fingerprint density at radius 1 is 1.73 bits per heavy atom. The maximum atomic E-state index is 5.18. The average molecular weight is 208 g/mol. The van der Waals surface area contributed by atoms with Crippen molar-refractivity contribution in [2.45, 2.75) is 18.9 Å². The Hall–Kier alpha value is -1.29. The molecule has 0 bridgehead atoms. The van der Waals surface area contributed by atoms with E-state index in [2.05, 4.69) is 10.1 Å². The van der Waals surface area contributed by atoms with Crippen LogP contribution in [0.5, 0.6) is 0 Å². The van der Waals surface area contributed by atoms with Crippen LogP contribution in [0.2, 0.25) is 0 Å². The Kier molecular flexibility index (Phi) is 3.40. The van der Waals surface area contributed by atoms with Gasteiger partial charge in [0.25, 0.3) is 0 Å². The molecule has 1 atom stereocenters. The van der Waals surface area contributed by atoms with Gasteiger partial charge in [-0.1, -0.05) is 0 Å². The molecule has 0 radical (unpaired) electrons. The normalized spacial score (nSPS) is 21.7. The predicted octanol–water partition coefficient (Wildman–Crippen LogP) is 1.72. The molecule has 1 fully saturated rings. The van der Waals surface area contributed by atoms with E-state index in [4.69, 9.17) is 9.15 Å². The zero-order valence-electron chi connectivity index (χ0n) is 8.93. The number of hydrazone groups is 1. The molecular weight excluding hydrogens is 192 g/mol. The first-order valence-electron chi connectivity index (χ1n) is 5.23. The van der Waals surface area contributed by atoms with Gasteiger partial charge in [-0.2, -0.15) is 5.10 Å². The molecule has 1 unspecified atom stereocenters. The van der Waals surface area contributed by atoms with Crippen LogP contribution in [-0.2, 0) is 4.74 Å². The summed E-state index contributed by atoms with van der Waals surface area (Å²) in [4.78, 5) is 0. The van der Waals surface area contributed by atoms with Crippen molar-refractivity contribution < 1.29 is 9.15 Å². The smallest absolute Gasteiger partial charge is 0.146 e. The van der Waals surface area contributed by atoms with Crippen LogP contribution < -0.4 is 0 Å². The second-order valence-corrected chi connectivity index (χ2v) is 3.67. The first-order chi connectivity index (χ1) is 7.40. The van der Waals surface area contributed by atoms with Crippen LogP contribution in [0.1, 0.15) is 18.6 Å². The second kappa shape index (κ2) is 4.98. The van der Waals surface area contributed by atoms with Gasteiger partial charge in [-0.15, -0.1) is 0 Å². The fraction of sp³-hybridized carbons (Fsp3) is 0.545. The van der Waals surface area contributed by atoms with Crippen LogP contribution in [0.25, 0.3) is 0 Å². The summed E-state index contributed by atoms with van der Waals surface area (Å²) in [6, 6.07) is 4.17. The minimum Gasteiger partial charge on any atom is -0.463 e. The fourth-order valence-corrected chi connectivity index (χ4v) is 1.83. The lowest BCUT2D eigenvalue weighted by molar-refractivity contribution is 0.118. The lowest BCUT2D eigenvalue weighted by Crippen LogP contribution is -2.28. The summed E-state index contributed by atoms with van der Waals surface area (Å²) < 4.78 is 10.3. The predicted molar refractivity (Wildman–Crippen MR) is 57.9 cm³/mol. The third-order valence-corrected chi connectivity index (χ3v) is 2.58. The Bertz CT molecular complexity index is 308. The van der Waals surface area contributed by atoms with Crippen LogP contribution >= 0.6 is 0 Å². The third-order valence-electron chi connectivity index (χ3n) is 2.58. The number of furan rings is 1. The van der Waals surface area contributed by atoms with Gasteiger partial charge in [-0.25, -0.2) is 0 Å². The summed E-state index contributed by atoms with van der Waals surface area (Å²) in [6.07, 6.45) is 5.75. The van der Waals surface area contributed by atoms with Gasteiger partial charge in [0.2, 0.25) is 0 Å². The molecule has 2 heterocycles. The van der Waals surface area contributed by atoms with Gasteiger partial charge in [-0.3, -0.25) is 5.01 Å². The lowest BCUT2D eigenvalue weighted by Gasteiger charge is -2.19. The molecule has 82 valence electrons. The molecule has 2 rings (SSSR count). The van der Waals surface area contributed by atoms with Gasteiger partial charge in [0.1, 0.15) is 5.76 Å². The van der Waals surface area contributed by atoms with Crippen molar-refractivity contribution in [1.29, 1.82) is 0 Å². The van der Waals surface area contributed by atoms with Gasteiger partial charge in [0.05, 0.1) is 25.1 Å². The summed E-state index contributed by atoms with van der Waals surface area (Å²) in [6.45, 7) is 1.75. The standard InChI is InChI=1S/C11H16N2O2/c1-14-9-10-4-2-6-13(10)12-8-11-5-3-7-15-11/h3,5,7-8,10H,2,4,6,9H2,1H3/b12-8+. The SMILES string of the molecule is COCC1CCCN1/N=C/c1ccco1. The molecule has 0 saturated carbocycles. The largest absolute Gasteiger partial charge is 0.463 e. The summed E-state index contributed by atoms with van der Waals surface area (Å²) >= 11 is 0. The van der Waals surface area contributed by atoms with Crippen LogP contribution in [0.4, 0.5) is 0 Å². The van der Waals surface area contributed by atoms with Crippen molar-refractivity contribution in [1.82, 2.24) is 5.01 Å². The highest BCUT2D eigenvalue weighted by atomic mass is 16.5. The van der Waals surface area contributed by atoms with Crippen LogP contribution in [0.3, 0.4) is 0 Å². The van der Waals surface area contributed by atoms with Crippen LogP contribution in [-0.4, -0.2) is 37.5 Å². The van der Waals surface area contributed by atoms with Gasteiger partial charge in [-0.05, 0) is 25.0 Å². The van der Waals surface area contributed by atoms with E-state index in [9.17, 15) is 0 Å². The number of rotatable bonds is 4. The number of ether oxygens (including phenoxy) is 1. The van der Waals surface area contributed by atoms with E-state index in [1.165, 1.54) is 6.42 Å². The second-order valence-electron chi connectivity index (χ2n) is 3.67. The van der Waals surface area contributed by atoms with Gasteiger partial charge in [0.15, 0.2) is 0 Å². The molecule has 0 amide bonds. The van der Waals surface area contributed by atoms with Crippen molar-refractivity contribution in [3.8, 4) is 0 Å². The Balaban J connectivity index is 1.93. The highest BCUT2D eigenvalue weighted by Crippen LogP contribution is 2.17. The molecule has 1 aromatic heterocycles. The highest BCUT2D eigenvalue weighted by molar-refractivity contribution is 5.75. The summed E-state index contributed by atoms with van der Waals surface area (Å²) in [7, 11) is 1.73. The molecule has 1 aromatic rings. The molecule has 0 aromatic carbocycles. The maximum Gasteiger partial charge on any atom is 0.146 e. The molecular formula is C11H16N2O2. The van der Waals surface area contributed by atoms with E-state index < -0.39 is 0 Å². The van der Waals surface area contributed by atoms with Crippen molar-refractivity contribution in [2.75, 3.05) is 20.3 Å². The van der Waals surface area contributed by atoms with Gasteiger partial charge in [0, 0.05) is 13.7 Å². The monoisotopic (exact) mass is 208 g/mol. The molecule has 0 aliphatic carbocycles. The van der Waals surface area contributed by atoms with Crippen molar-refractivity contribution in [3.63, 3.8) is 0 Å². The van der Waals surface area contributed by atoms with Crippen molar-refractivity contribution in [3.05, 3.63) is 24.2 Å². The van der Waals surface area contributed by atoms with Gasteiger partial charge >= 0.3 is 0 Å². The quantitative estimate of drug-likeness (QED) is 0.707. The molecule has 1 aliphatic heterocycles. The van der Waals surface area contributed by atoms with E-state index in [1.807, 2.05) is 12.1 Å². The first-order valence-corrected chi connectivity index (χ1v) is 5.23. The Labute approximate surface area is 89.5 Å². The topological polar surface area (TPSA) is 38.0 Å². The van der Waals surface area contributed by atoms with E-state index in [1.54, 1.807) is 19.6 Å². The molecule has 15 heavy (non-hydrogen) atoms. The number of nitrogens with zero attached hydrogens (tertiary/aromatic N) is 2. The number of hydrogen-bond donors (Lipinski definition) is 0. The zero-order chi connectivity index (χ0) is 10.5. The van der Waals surface area contributed by atoms with E-state index in [0.29, 0.717) is 6.04 Å². The molecule has 4 heteroatoms. The zero-order valence-corrected chi connectivity index (χ0v) is 8.93. The lowest BCUT2D eigenvalue weighted by atomic mass is 10.2. The highest BCUT2D eigenvalue weighted by Gasteiger charge is 2.22. The van der Waals surface area contributed by atoms with E-state index in [-0.39, 0.29) is 0 Å². The van der Waals surface area contributed by atoms with E-state index in [0.717, 1.165) is 25.3 Å². The molecule has 0 spiro atoms. The van der Waals surface area contributed by atoms with Crippen LogP contribution in [0, 0.1) is 0 Å². The van der Waals surface area contributed by atoms with Gasteiger partial charge < -0.3 is 9.15 Å². The Morgan fingerprint density at radius 2 is 2.67 bits per heavy atom. The molecule has 1 aliphatic rings. The van der Waals surface area contributed by atoms with E-state index >= 15 is 0 Å². The maximum absolute atomic E-state index is 5.18. The third kappa shape index (κ3) is 2.59.